The molecule has 2 aromatic carbocycles. The van der Waals surface area contributed by atoms with Crippen molar-refractivity contribution in [2.45, 2.75) is 12.8 Å². The largest absolute Gasteiger partial charge is 0.326 e. The molecular formula is C25H21ClFN3O3. The van der Waals surface area contributed by atoms with Gasteiger partial charge < -0.3 is 10.6 Å². The van der Waals surface area contributed by atoms with E-state index in [4.69, 9.17) is 11.6 Å². The molecule has 1 saturated carbocycles. The van der Waals surface area contributed by atoms with Gasteiger partial charge in [-0.25, -0.2) is 4.39 Å². The summed E-state index contributed by atoms with van der Waals surface area (Å²) in [5, 5.41) is 5.85. The molecule has 0 bridgehead atoms. The molecule has 4 rings (SSSR count). The van der Waals surface area contributed by atoms with Crippen LogP contribution in [0, 0.1) is 17.7 Å². The minimum absolute atomic E-state index is 0.0285. The summed E-state index contributed by atoms with van der Waals surface area (Å²) in [7, 11) is 0. The number of hydrogen-bond donors (Lipinski definition) is 2. The smallest absolute Gasteiger partial charge is 0.255 e. The van der Waals surface area contributed by atoms with E-state index in [0.29, 0.717) is 29.2 Å². The number of allylic oxidation sites excluding steroid dienone is 1. The number of rotatable bonds is 5. The monoisotopic (exact) mass is 465 g/mol. The van der Waals surface area contributed by atoms with E-state index in [1.165, 1.54) is 35.0 Å². The number of carbonyl (C=O) groups excluding carboxylic acids is 2. The molecule has 33 heavy (non-hydrogen) atoms. The van der Waals surface area contributed by atoms with E-state index in [1.54, 1.807) is 36.4 Å². The Morgan fingerprint density at radius 1 is 0.970 bits per heavy atom. The third-order valence-electron chi connectivity index (χ3n) is 5.58. The summed E-state index contributed by atoms with van der Waals surface area (Å²) in [5.74, 6) is -2.80. The maximum atomic E-state index is 14.7. The molecule has 2 N–H and O–H groups in total. The molecule has 0 saturated heterocycles. The van der Waals surface area contributed by atoms with Crippen molar-refractivity contribution in [1.82, 2.24) is 4.57 Å². The van der Waals surface area contributed by atoms with Crippen LogP contribution in [0.3, 0.4) is 0 Å². The molecule has 8 heteroatoms. The minimum atomic E-state index is -0.687. The number of pyridine rings is 1. The lowest BCUT2D eigenvalue weighted by molar-refractivity contribution is -0.128. The first-order valence-electron chi connectivity index (χ1n) is 10.3. The fraction of sp³-hybridized carbons (Fsp3) is 0.160. The number of amides is 2. The fourth-order valence-electron chi connectivity index (χ4n) is 3.96. The van der Waals surface area contributed by atoms with Crippen LogP contribution in [-0.4, -0.2) is 16.4 Å². The summed E-state index contributed by atoms with van der Waals surface area (Å²) in [4.78, 5) is 37.8. The molecule has 1 fully saturated rings. The van der Waals surface area contributed by atoms with Gasteiger partial charge in [0.1, 0.15) is 5.82 Å². The maximum absolute atomic E-state index is 14.7. The van der Waals surface area contributed by atoms with Gasteiger partial charge in [-0.05, 0) is 49.2 Å². The highest BCUT2D eigenvalue weighted by Gasteiger charge is 2.39. The van der Waals surface area contributed by atoms with Gasteiger partial charge in [0, 0.05) is 29.0 Å². The molecule has 0 aliphatic heterocycles. The average Bonchev–Trinajstić information content (AvgIpc) is 3.17. The second-order valence-corrected chi connectivity index (χ2v) is 8.37. The van der Waals surface area contributed by atoms with Gasteiger partial charge in [0.15, 0.2) is 0 Å². The number of anilines is 2. The Balaban J connectivity index is 1.49. The maximum Gasteiger partial charge on any atom is 0.255 e. The van der Waals surface area contributed by atoms with Crippen LogP contribution in [0.5, 0.6) is 0 Å². The van der Waals surface area contributed by atoms with Gasteiger partial charge in [0.05, 0.1) is 23.2 Å². The quantitative estimate of drug-likeness (QED) is 0.532. The SMILES string of the molecule is C=C1CC(C(=O)Nc2cccc(Cl)c2)[C@@H](C(=O)Nc2ccc(-n3ccccc3=O)cc2F)C1. The van der Waals surface area contributed by atoms with Gasteiger partial charge in [-0.15, -0.1) is 0 Å². The second kappa shape index (κ2) is 9.42. The molecular weight excluding hydrogens is 445 g/mol. The standard InChI is InChI=1S/C25H21ClFN3O3/c1-15-11-19(24(32)28-17-6-4-5-16(26)13-17)20(12-15)25(33)29-22-9-8-18(14-21(22)27)30-10-3-2-7-23(30)31/h2-10,13-14,19-20H,1,11-12H2,(H,28,32)(H,29,33)/t19?,20-/m0/s1. The van der Waals surface area contributed by atoms with E-state index >= 15 is 0 Å². The zero-order chi connectivity index (χ0) is 23.5. The third-order valence-corrected chi connectivity index (χ3v) is 5.81. The van der Waals surface area contributed by atoms with Crippen molar-refractivity contribution < 1.29 is 14.0 Å². The van der Waals surface area contributed by atoms with Crippen molar-refractivity contribution in [2.75, 3.05) is 10.6 Å². The molecule has 1 unspecified atom stereocenters. The summed E-state index contributed by atoms with van der Waals surface area (Å²) in [6, 6.07) is 15.5. The van der Waals surface area contributed by atoms with Gasteiger partial charge in [-0.1, -0.05) is 35.9 Å². The number of carbonyl (C=O) groups is 2. The highest BCUT2D eigenvalue weighted by Crippen LogP contribution is 2.37. The predicted octanol–water partition coefficient (Wildman–Crippen LogP) is 4.79. The topological polar surface area (TPSA) is 80.2 Å². The zero-order valence-corrected chi connectivity index (χ0v) is 18.3. The lowest BCUT2D eigenvalue weighted by Crippen LogP contribution is -2.33. The van der Waals surface area contributed by atoms with Crippen LogP contribution in [0.25, 0.3) is 5.69 Å². The fourth-order valence-corrected chi connectivity index (χ4v) is 4.15. The summed E-state index contributed by atoms with van der Waals surface area (Å²) in [5.41, 5.74) is 1.32. The Hall–Kier alpha value is -3.71. The number of benzene rings is 2. The first kappa shape index (κ1) is 22.5. The van der Waals surface area contributed by atoms with E-state index in [9.17, 15) is 18.8 Å². The first-order valence-corrected chi connectivity index (χ1v) is 10.7. The van der Waals surface area contributed by atoms with Crippen molar-refractivity contribution in [2.24, 2.45) is 11.8 Å². The summed E-state index contributed by atoms with van der Waals surface area (Å²) >= 11 is 5.97. The highest BCUT2D eigenvalue weighted by molar-refractivity contribution is 6.30. The molecule has 3 aromatic rings. The van der Waals surface area contributed by atoms with Crippen LogP contribution in [0.2, 0.25) is 5.02 Å². The van der Waals surface area contributed by atoms with Crippen molar-refractivity contribution in [3.63, 3.8) is 0 Å². The van der Waals surface area contributed by atoms with Gasteiger partial charge in [-0.3, -0.25) is 19.0 Å². The van der Waals surface area contributed by atoms with E-state index in [2.05, 4.69) is 17.2 Å². The number of aromatic nitrogens is 1. The molecule has 1 heterocycles. The molecule has 0 spiro atoms. The normalized spacial score (nSPS) is 17.6. The van der Waals surface area contributed by atoms with Crippen molar-refractivity contribution >= 4 is 34.8 Å². The van der Waals surface area contributed by atoms with Gasteiger partial charge in [-0.2, -0.15) is 0 Å². The molecule has 1 aromatic heterocycles. The number of nitrogens with zero attached hydrogens (tertiary/aromatic N) is 1. The van der Waals surface area contributed by atoms with Crippen LogP contribution < -0.4 is 16.2 Å². The van der Waals surface area contributed by atoms with E-state index in [1.807, 2.05) is 0 Å². The van der Waals surface area contributed by atoms with Crippen LogP contribution in [0.1, 0.15) is 12.8 Å². The number of hydrogen-bond acceptors (Lipinski definition) is 3. The average molecular weight is 466 g/mol. The lowest BCUT2D eigenvalue weighted by atomic mass is 9.94. The predicted molar refractivity (Wildman–Crippen MR) is 126 cm³/mol. The van der Waals surface area contributed by atoms with Crippen LogP contribution in [0.4, 0.5) is 15.8 Å². The van der Waals surface area contributed by atoms with Crippen LogP contribution in [0.15, 0.2) is 83.8 Å². The van der Waals surface area contributed by atoms with Gasteiger partial charge >= 0.3 is 0 Å². The Bertz CT molecular complexity index is 1300. The minimum Gasteiger partial charge on any atom is -0.326 e. The van der Waals surface area contributed by atoms with Crippen molar-refractivity contribution in [3.8, 4) is 5.69 Å². The summed E-state index contributed by atoms with van der Waals surface area (Å²) in [6.07, 6.45) is 2.23. The lowest BCUT2D eigenvalue weighted by Gasteiger charge is -2.19. The van der Waals surface area contributed by atoms with Crippen LogP contribution in [-0.2, 0) is 9.59 Å². The molecule has 1 aliphatic rings. The van der Waals surface area contributed by atoms with E-state index in [-0.39, 0.29) is 17.2 Å². The van der Waals surface area contributed by atoms with Gasteiger partial charge in [0.2, 0.25) is 11.8 Å². The Morgan fingerprint density at radius 2 is 1.70 bits per heavy atom. The van der Waals surface area contributed by atoms with E-state index in [0.717, 1.165) is 5.57 Å². The molecule has 6 nitrogen and oxygen atoms in total. The van der Waals surface area contributed by atoms with Crippen molar-refractivity contribution in [3.05, 3.63) is 100 Å². The molecule has 168 valence electrons. The molecule has 1 aliphatic carbocycles. The molecule has 2 atom stereocenters. The molecule has 2 amide bonds. The zero-order valence-electron chi connectivity index (χ0n) is 17.6. The molecule has 0 radical (unpaired) electrons. The summed E-state index contributed by atoms with van der Waals surface area (Å²) < 4.78 is 16.0. The van der Waals surface area contributed by atoms with Crippen LogP contribution >= 0.6 is 11.6 Å². The number of nitrogens with one attached hydrogen (secondary N) is 2. The first-order chi connectivity index (χ1) is 15.8. The van der Waals surface area contributed by atoms with Gasteiger partial charge in [0.25, 0.3) is 5.56 Å². The Kier molecular flexibility index (Phi) is 6.42. The van der Waals surface area contributed by atoms with Crippen molar-refractivity contribution in [1.29, 1.82) is 0 Å². The highest BCUT2D eigenvalue weighted by atomic mass is 35.5. The Labute approximate surface area is 194 Å². The van der Waals surface area contributed by atoms with E-state index < -0.39 is 23.6 Å². The summed E-state index contributed by atoms with van der Waals surface area (Å²) in [6.45, 7) is 3.93. The second-order valence-electron chi connectivity index (χ2n) is 7.93. The Morgan fingerprint density at radius 3 is 2.36 bits per heavy atom. The third kappa shape index (κ3) is 5.04. The number of halogens is 2.